The first-order chi connectivity index (χ1) is 10.7. The van der Waals surface area contributed by atoms with Crippen LogP contribution in [0.3, 0.4) is 0 Å². The monoisotopic (exact) mass is 316 g/mol. The van der Waals surface area contributed by atoms with Gasteiger partial charge in [-0.05, 0) is 18.6 Å². The molecule has 0 spiro atoms. The van der Waals surface area contributed by atoms with Crippen LogP contribution in [0.1, 0.15) is 49.3 Å². The summed E-state index contributed by atoms with van der Waals surface area (Å²) in [6, 6.07) is 5.92. The van der Waals surface area contributed by atoms with Gasteiger partial charge in [0.15, 0.2) is 0 Å². The third-order valence-electron chi connectivity index (χ3n) is 3.84. The number of H-pyrrole nitrogens is 1. The van der Waals surface area contributed by atoms with E-state index >= 15 is 0 Å². The average Bonchev–Trinajstić information content (AvgIpc) is 2.93. The number of hydrogen-bond acceptors (Lipinski definition) is 5. The molecule has 1 heterocycles. The number of hydrogen-bond donors (Lipinski definition) is 1. The third kappa shape index (κ3) is 3.61. The molecule has 0 aliphatic rings. The van der Waals surface area contributed by atoms with Crippen LogP contribution in [0.4, 0.5) is 5.69 Å². The van der Waals surface area contributed by atoms with E-state index in [0.717, 1.165) is 11.4 Å². The van der Waals surface area contributed by atoms with Gasteiger partial charge in [-0.25, -0.2) is 0 Å². The number of nitro benzene ring substituents is 1. The van der Waals surface area contributed by atoms with Crippen LogP contribution in [0.2, 0.25) is 0 Å². The predicted octanol–water partition coefficient (Wildman–Crippen LogP) is 3.97. The van der Waals surface area contributed by atoms with Gasteiger partial charge in [-0.1, -0.05) is 38.1 Å². The molecule has 2 rings (SSSR count). The van der Waals surface area contributed by atoms with E-state index in [1.54, 1.807) is 19.1 Å². The Morgan fingerprint density at radius 3 is 2.61 bits per heavy atom. The van der Waals surface area contributed by atoms with E-state index in [1.807, 2.05) is 26.8 Å². The van der Waals surface area contributed by atoms with Crippen LogP contribution in [0.5, 0.6) is 0 Å². The number of benzene rings is 1. The summed E-state index contributed by atoms with van der Waals surface area (Å²) in [6.45, 7) is 7.78. The minimum atomic E-state index is -0.692. The minimum absolute atomic E-state index is 0.00357. The van der Waals surface area contributed by atoms with Gasteiger partial charge in [-0.15, -0.1) is 0 Å². The van der Waals surface area contributed by atoms with E-state index in [1.165, 1.54) is 6.07 Å². The SMILES string of the molecule is Cc1c(C(Cc2cc(C(C)(C)C)n[nH]2)N=O)cccc1[N+](=O)[O-]. The fourth-order valence-corrected chi connectivity index (χ4v) is 2.46. The van der Waals surface area contributed by atoms with Crippen molar-refractivity contribution in [2.75, 3.05) is 0 Å². The highest BCUT2D eigenvalue weighted by Crippen LogP contribution is 2.30. The lowest BCUT2D eigenvalue weighted by molar-refractivity contribution is -0.385. The summed E-state index contributed by atoms with van der Waals surface area (Å²) in [6.07, 6.45) is 0.328. The van der Waals surface area contributed by atoms with Gasteiger partial charge in [0.1, 0.15) is 6.04 Å². The van der Waals surface area contributed by atoms with Crippen molar-refractivity contribution < 1.29 is 4.92 Å². The second kappa shape index (κ2) is 6.28. The average molecular weight is 316 g/mol. The first-order valence-electron chi connectivity index (χ1n) is 7.35. The summed E-state index contributed by atoms with van der Waals surface area (Å²) < 4.78 is 0. The van der Waals surface area contributed by atoms with Crippen molar-refractivity contribution in [3.63, 3.8) is 0 Å². The topological polar surface area (TPSA) is 101 Å². The maximum absolute atomic E-state index is 11.3. The van der Waals surface area contributed by atoms with Crippen molar-refractivity contribution in [3.05, 3.63) is 61.8 Å². The molecule has 122 valence electrons. The third-order valence-corrected chi connectivity index (χ3v) is 3.84. The zero-order valence-electron chi connectivity index (χ0n) is 13.7. The molecular weight excluding hydrogens is 296 g/mol. The molecule has 23 heavy (non-hydrogen) atoms. The maximum atomic E-state index is 11.3. The normalized spacial score (nSPS) is 12.9. The van der Waals surface area contributed by atoms with Crippen LogP contribution in [0.15, 0.2) is 29.4 Å². The Hall–Kier alpha value is -2.57. The molecule has 0 aliphatic heterocycles. The van der Waals surface area contributed by atoms with Gasteiger partial charge in [0.25, 0.3) is 5.69 Å². The van der Waals surface area contributed by atoms with Crippen molar-refractivity contribution in [2.24, 2.45) is 5.18 Å². The van der Waals surface area contributed by atoms with Crippen molar-refractivity contribution in [1.82, 2.24) is 10.2 Å². The molecule has 0 fully saturated rings. The van der Waals surface area contributed by atoms with Crippen LogP contribution < -0.4 is 0 Å². The van der Waals surface area contributed by atoms with E-state index in [4.69, 9.17) is 0 Å². The molecule has 1 atom stereocenters. The highest BCUT2D eigenvalue weighted by Gasteiger charge is 2.23. The zero-order valence-corrected chi connectivity index (χ0v) is 13.7. The predicted molar refractivity (Wildman–Crippen MR) is 87.4 cm³/mol. The number of nitroso groups, excluding NO2 is 1. The fraction of sp³-hybridized carbons (Fsp3) is 0.438. The molecule has 0 aliphatic carbocycles. The van der Waals surface area contributed by atoms with Crippen molar-refractivity contribution in [2.45, 2.75) is 45.6 Å². The molecule has 2 aromatic rings. The molecular formula is C16H20N4O3. The second-order valence-electron chi connectivity index (χ2n) is 6.60. The van der Waals surface area contributed by atoms with Crippen LogP contribution in [0.25, 0.3) is 0 Å². The molecule has 1 N–H and O–H groups in total. The Morgan fingerprint density at radius 1 is 1.39 bits per heavy atom. The number of aromatic amines is 1. The smallest absolute Gasteiger partial charge is 0.272 e. The number of nitrogens with one attached hydrogen (secondary N) is 1. The first-order valence-corrected chi connectivity index (χ1v) is 7.35. The number of aromatic nitrogens is 2. The highest BCUT2D eigenvalue weighted by molar-refractivity contribution is 5.46. The Morgan fingerprint density at radius 2 is 2.09 bits per heavy atom. The largest absolute Gasteiger partial charge is 0.282 e. The molecule has 1 unspecified atom stereocenters. The van der Waals surface area contributed by atoms with E-state index in [9.17, 15) is 15.0 Å². The van der Waals surface area contributed by atoms with Gasteiger partial charge >= 0.3 is 0 Å². The summed E-state index contributed by atoms with van der Waals surface area (Å²) >= 11 is 0. The van der Waals surface area contributed by atoms with Crippen LogP contribution in [-0.2, 0) is 11.8 Å². The number of nitro groups is 1. The van der Waals surface area contributed by atoms with Crippen molar-refractivity contribution >= 4 is 5.69 Å². The molecule has 0 saturated carbocycles. The van der Waals surface area contributed by atoms with Gasteiger partial charge in [0.05, 0.1) is 10.6 Å². The first kappa shape index (κ1) is 16.8. The van der Waals surface area contributed by atoms with Gasteiger partial charge in [-0.2, -0.15) is 10.0 Å². The Bertz CT molecular complexity index is 731. The molecule has 0 amide bonds. The van der Waals surface area contributed by atoms with E-state index in [-0.39, 0.29) is 11.1 Å². The van der Waals surface area contributed by atoms with Gasteiger partial charge in [-0.3, -0.25) is 15.2 Å². The Balaban J connectivity index is 2.31. The van der Waals surface area contributed by atoms with Gasteiger partial charge in [0.2, 0.25) is 0 Å². The molecule has 0 radical (unpaired) electrons. The molecule has 1 aromatic heterocycles. The lowest BCUT2D eigenvalue weighted by Gasteiger charge is -2.14. The van der Waals surface area contributed by atoms with Crippen molar-refractivity contribution in [1.29, 1.82) is 0 Å². The van der Waals surface area contributed by atoms with Crippen molar-refractivity contribution in [3.8, 4) is 0 Å². The lowest BCUT2D eigenvalue weighted by Crippen LogP contribution is -2.11. The zero-order chi connectivity index (χ0) is 17.2. The minimum Gasteiger partial charge on any atom is -0.282 e. The second-order valence-corrected chi connectivity index (χ2v) is 6.60. The van der Waals surface area contributed by atoms with E-state index in [2.05, 4.69) is 15.4 Å². The number of nitrogens with zero attached hydrogens (tertiary/aromatic N) is 3. The molecule has 0 saturated heterocycles. The quantitative estimate of drug-likeness (QED) is 0.512. The molecule has 0 bridgehead atoms. The standard InChI is InChI=1S/C16H20N4O3/c1-10-12(6-5-7-14(10)20(22)23)13(19-21)8-11-9-15(18-17-11)16(2,3)4/h5-7,9,13H,8H2,1-4H3,(H,17,18). The van der Waals surface area contributed by atoms with Crippen LogP contribution in [-0.4, -0.2) is 15.1 Å². The summed E-state index contributed by atoms with van der Waals surface area (Å²) in [5.41, 5.74) is 2.62. The molecule has 1 aromatic carbocycles. The van der Waals surface area contributed by atoms with Gasteiger partial charge in [0, 0.05) is 29.2 Å². The summed E-state index contributed by atoms with van der Waals surface area (Å²) in [4.78, 5) is 21.9. The molecule has 7 nitrogen and oxygen atoms in total. The van der Waals surface area contributed by atoms with Crippen LogP contribution >= 0.6 is 0 Å². The Labute approximate surface area is 134 Å². The highest BCUT2D eigenvalue weighted by atomic mass is 16.6. The number of rotatable bonds is 5. The van der Waals surface area contributed by atoms with E-state index in [0.29, 0.717) is 17.5 Å². The maximum Gasteiger partial charge on any atom is 0.272 e. The van der Waals surface area contributed by atoms with Gasteiger partial charge < -0.3 is 0 Å². The summed E-state index contributed by atoms with van der Waals surface area (Å²) in [7, 11) is 0. The Kier molecular flexibility index (Phi) is 4.58. The summed E-state index contributed by atoms with van der Waals surface area (Å²) in [5, 5.41) is 21.4. The molecule has 7 heteroatoms. The van der Waals surface area contributed by atoms with Crippen LogP contribution in [0, 0.1) is 21.9 Å². The lowest BCUT2D eigenvalue weighted by atomic mass is 9.91. The fourth-order valence-electron chi connectivity index (χ4n) is 2.46. The summed E-state index contributed by atoms with van der Waals surface area (Å²) in [5.74, 6) is 0. The van der Waals surface area contributed by atoms with E-state index < -0.39 is 11.0 Å².